The molecule has 2 aromatic rings. The summed E-state index contributed by atoms with van der Waals surface area (Å²) in [6.45, 7) is 0. The van der Waals surface area contributed by atoms with E-state index in [9.17, 15) is 26.7 Å². The molecule has 1 heterocycles. The first-order valence-electron chi connectivity index (χ1n) is 6.08. The number of aromatic nitrogens is 2. The molecule has 0 aliphatic heterocycles. The van der Waals surface area contributed by atoms with Gasteiger partial charge in [0.1, 0.15) is 0 Å². The zero-order valence-corrected chi connectivity index (χ0v) is 11.8. The molecular weight excluding hydrogens is 325 g/mol. The van der Waals surface area contributed by atoms with Crippen molar-refractivity contribution in [1.29, 1.82) is 0 Å². The second-order valence-corrected chi connectivity index (χ2v) is 4.49. The number of carbonyl (C=O) groups is 1. The van der Waals surface area contributed by atoms with E-state index < -0.39 is 40.7 Å². The number of hydrogen-bond donors (Lipinski definition) is 1. The number of benzene rings is 1. The van der Waals surface area contributed by atoms with Gasteiger partial charge in [-0.1, -0.05) is 0 Å². The summed E-state index contributed by atoms with van der Waals surface area (Å²) in [5, 5.41) is 5.16. The fraction of sp³-hybridized carbons (Fsp3) is 0.231. The molecule has 5 nitrogen and oxygen atoms in total. The molecule has 0 saturated heterocycles. The van der Waals surface area contributed by atoms with Crippen LogP contribution >= 0.6 is 0 Å². The van der Waals surface area contributed by atoms with Crippen LogP contribution in [-0.4, -0.2) is 22.8 Å². The maximum atomic E-state index is 13.5. The fourth-order valence-corrected chi connectivity index (χ4v) is 1.89. The van der Waals surface area contributed by atoms with Crippen molar-refractivity contribution in [1.82, 2.24) is 9.78 Å². The van der Waals surface area contributed by atoms with Crippen molar-refractivity contribution in [3.8, 4) is 5.75 Å². The number of rotatable bonds is 3. The van der Waals surface area contributed by atoms with Gasteiger partial charge in [0.05, 0.1) is 12.7 Å². The molecule has 2 rings (SSSR count). The van der Waals surface area contributed by atoms with Crippen molar-refractivity contribution in [2.45, 2.75) is 6.18 Å². The Balaban J connectivity index is 2.34. The molecule has 0 atom stereocenters. The average molecular weight is 335 g/mol. The Bertz CT molecular complexity index is 732. The van der Waals surface area contributed by atoms with Crippen molar-refractivity contribution in [3.05, 3.63) is 41.2 Å². The third-order valence-electron chi connectivity index (χ3n) is 2.80. The zero-order valence-electron chi connectivity index (χ0n) is 11.8. The maximum Gasteiger partial charge on any atom is 0.435 e. The van der Waals surface area contributed by atoms with Crippen LogP contribution in [0.5, 0.6) is 5.75 Å². The van der Waals surface area contributed by atoms with E-state index in [4.69, 9.17) is 0 Å². The molecule has 23 heavy (non-hydrogen) atoms. The average Bonchev–Trinajstić information content (AvgIpc) is 2.80. The highest BCUT2D eigenvalue weighted by Crippen LogP contribution is 2.31. The molecule has 1 amide bonds. The van der Waals surface area contributed by atoms with E-state index in [2.05, 4.69) is 9.84 Å². The minimum absolute atomic E-state index is 0.359. The maximum absolute atomic E-state index is 13.5. The second-order valence-electron chi connectivity index (χ2n) is 4.49. The molecule has 124 valence electrons. The predicted octanol–water partition coefficient (Wildman–Crippen LogP) is 2.98. The van der Waals surface area contributed by atoms with Crippen molar-refractivity contribution in [2.24, 2.45) is 7.05 Å². The fourth-order valence-electron chi connectivity index (χ4n) is 1.89. The zero-order chi connectivity index (χ0) is 17.4. The number of carbonyl (C=O) groups excluding carboxylic acids is 1. The summed E-state index contributed by atoms with van der Waals surface area (Å²) in [4.78, 5) is 11.9. The van der Waals surface area contributed by atoms with Crippen LogP contribution in [-0.2, 0) is 13.2 Å². The SMILES string of the molecule is COc1c(F)cc(NC(=O)c2cn(C)nc2C(F)(F)F)cc1F. The van der Waals surface area contributed by atoms with Gasteiger partial charge in [-0.15, -0.1) is 0 Å². The first-order valence-corrected chi connectivity index (χ1v) is 6.08. The number of alkyl halides is 3. The molecule has 1 aromatic heterocycles. The van der Waals surface area contributed by atoms with Crippen LogP contribution in [0.1, 0.15) is 16.1 Å². The van der Waals surface area contributed by atoms with Gasteiger partial charge >= 0.3 is 6.18 Å². The molecule has 0 unspecified atom stereocenters. The van der Waals surface area contributed by atoms with Crippen molar-refractivity contribution in [3.63, 3.8) is 0 Å². The van der Waals surface area contributed by atoms with Gasteiger partial charge in [0.15, 0.2) is 23.1 Å². The lowest BCUT2D eigenvalue weighted by atomic mass is 10.2. The van der Waals surface area contributed by atoms with E-state index in [1.54, 1.807) is 0 Å². The number of methoxy groups -OCH3 is 1. The molecule has 0 spiro atoms. The Morgan fingerprint density at radius 1 is 1.26 bits per heavy atom. The lowest BCUT2D eigenvalue weighted by Crippen LogP contribution is -2.18. The Morgan fingerprint density at radius 3 is 2.30 bits per heavy atom. The molecule has 1 N–H and O–H groups in total. The van der Waals surface area contributed by atoms with Crippen molar-refractivity contribution >= 4 is 11.6 Å². The highest BCUT2D eigenvalue weighted by Gasteiger charge is 2.39. The summed E-state index contributed by atoms with van der Waals surface area (Å²) in [6.07, 6.45) is -3.99. The van der Waals surface area contributed by atoms with Gasteiger partial charge in [-0.25, -0.2) is 8.78 Å². The van der Waals surface area contributed by atoms with E-state index in [0.717, 1.165) is 30.1 Å². The minimum Gasteiger partial charge on any atom is -0.491 e. The van der Waals surface area contributed by atoms with Crippen LogP contribution in [0.3, 0.4) is 0 Å². The van der Waals surface area contributed by atoms with Crippen LogP contribution in [0.15, 0.2) is 18.3 Å². The molecule has 10 heteroatoms. The third kappa shape index (κ3) is 3.41. The van der Waals surface area contributed by atoms with Crippen LogP contribution in [0.4, 0.5) is 27.6 Å². The minimum atomic E-state index is -4.84. The first-order chi connectivity index (χ1) is 10.6. The quantitative estimate of drug-likeness (QED) is 0.878. The van der Waals surface area contributed by atoms with Gasteiger partial charge < -0.3 is 10.1 Å². The van der Waals surface area contributed by atoms with E-state index >= 15 is 0 Å². The largest absolute Gasteiger partial charge is 0.491 e. The molecule has 1 aromatic carbocycles. The lowest BCUT2D eigenvalue weighted by Gasteiger charge is -2.09. The number of nitrogens with zero attached hydrogens (tertiary/aromatic N) is 2. The standard InChI is InChI=1S/C13H10F5N3O2/c1-21-5-7(11(20-21)13(16,17)18)12(22)19-6-3-8(14)10(23-2)9(15)4-6/h3-5H,1-2H3,(H,19,22). The number of ether oxygens (including phenoxy) is 1. The number of anilines is 1. The first kappa shape index (κ1) is 16.7. The number of hydrogen-bond acceptors (Lipinski definition) is 3. The Labute approximate surface area is 126 Å². The summed E-state index contributed by atoms with van der Waals surface area (Å²) in [6, 6.07) is 1.45. The summed E-state index contributed by atoms with van der Waals surface area (Å²) >= 11 is 0. The summed E-state index contributed by atoms with van der Waals surface area (Å²) < 4.78 is 70.7. The van der Waals surface area contributed by atoms with Crippen LogP contribution < -0.4 is 10.1 Å². The van der Waals surface area contributed by atoms with E-state index in [0.29, 0.717) is 0 Å². The smallest absolute Gasteiger partial charge is 0.435 e. The van der Waals surface area contributed by atoms with E-state index in [1.807, 2.05) is 5.32 Å². The topological polar surface area (TPSA) is 56.1 Å². The van der Waals surface area contributed by atoms with Crippen molar-refractivity contribution in [2.75, 3.05) is 12.4 Å². The summed E-state index contributed by atoms with van der Waals surface area (Å²) in [5.74, 6) is -4.08. The van der Waals surface area contributed by atoms with Crippen LogP contribution in [0.25, 0.3) is 0 Å². The van der Waals surface area contributed by atoms with Crippen LogP contribution in [0.2, 0.25) is 0 Å². The Morgan fingerprint density at radius 2 is 1.83 bits per heavy atom. The van der Waals surface area contributed by atoms with Crippen LogP contribution in [0, 0.1) is 11.6 Å². The van der Waals surface area contributed by atoms with Gasteiger partial charge in [0.25, 0.3) is 5.91 Å². The number of nitrogens with one attached hydrogen (secondary N) is 1. The number of aryl methyl sites for hydroxylation is 1. The molecule has 0 aliphatic carbocycles. The molecule has 0 fully saturated rings. The number of amides is 1. The van der Waals surface area contributed by atoms with E-state index in [1.165, 1.54) is 7.05 Å². The summed E-state index contributed by atoms with van der Waals surface area (Å²) in [5.41, 5.74) is -2.52. The highest BCUT2D eigenvalue weighted by atomic mass is 19.4. The van der Waals surface area contributed by atoms with Gasteiger partial charge in [0.2, 0.25) is 0 Å². The normalized spacial score (nSPS) is 11.4. The molecule has 0 saturated carbocycles. The van der Waals surface area contributed by atoms with Gasteiger partial charge in [-0.05, 0) is 0 Å². The summed E-state index contributed by atoms with van der Waals surface area (Å²) in [7, 11) is 2.25. The highest BCUT2D eigenvalue weighted by molar-refractivity contribution is 6.05. The number of halogens is 5. The molecule has 0 bridgehead atoms. The molecular formula is C13H10F5N3O2. The molecule has 0 radical (unpaired) electrons. The Hall–Kier alpha value is -2.65. The Kier molecular flexibility index (Phi) is 4.26. The van der Waals surface area contributed by atoms with E-state index in [-0.39, 0.29) is 5.69 Å². The van der Waals surface area contributed by atoms with Gasteiger partial charge in [0, 0.05) is 31.1 Å². The van der Waals surface area contributed by atoms with Crippen molar-refractivity contribution < 1.29 is 31.5 Å². The second kappa shape index (κ2) is 5.86. The third-order valence-corrected chi connectivity index (χ3v) is 2.80. The van der Waals surface area contributed by atoms with Gasteiger partial charge in [-0.2, -0.15) is 18.3 Å². The lowest BCUT2D eigenvalue weighted by molar-refractivity contribution is -0.141. The van der Waals surface area contributed by atoms with Gasteiger partial charge in [-0.3, -0.25) is 9.48 Å². The molecule has 0 aliphatic rings. The predicted molar refractivity (Wildman–Crippen MR) is 69.1 cm³/mol. The monoisotopic (exact) mass is 335 g/mol.